The van der Waals surface area contributed by atoms with Gasteiger partial charge in [-0.2, -0.15) is 0 Å². The number of ether oxygens (including phenoxy) is 1. The predicted molar refractivity (Wildman–Crippen MR) is 87.5 cm³/mol. The van der Waals surface area contributed by atoms with Gasteiger partial charge < -0.3 is 15.4 Å². The van der Waals surface area contributed by atoms with Crippen molar-refractivity contribution in [1.82, 2.24) is 9.80 Å². The number of nitrogens with zero attached hydrogens (tertiary/aromatic N) is 3. The number of hydrogen-bond acceptors (Lipinski definition) is 3. The number of hydrogen-bond donors (Lipinski definition) is 1. The highest BCUT2D eigenvalue weighted by molar-refractivity contribution is 5.78. The summed E-state index contributed by atoms with van der Waals surface area (Å²) in [6, 6.07) is 0. The van der Waals surface area contributed by atoms with Crippen molar-refractivity contribution >= 4 is 5.96 Å². The number of guanidine groups is 1. The molecule has 2 rings (SSSR count). The Kier molecular flexibility index (Phi) is 5.49. The quantitative estimate of drug-likeness (QED) is 0.632. The fourth-order valence-electron chi connectivity index (χ4n) is 3.42. The smallest absolute Gasteiger partial charge is 0.191 e. The second kappa shape index (κ2) is 6.97. The van der Waals surface area contributed by atoms with Gasteiger partial charge in [0.25, 0.3) is 0 Å². The van der Waals surface area contributed by atoms with Crippen LogP contribution in [0, 0.1) is 11.8 Å². The lowest BCUT2D eigenvalue weighted by Crippen LogP contribution is -2.53. The Hall–Kier alpha value is -0.810. The fourth-order valence-corrected chi connectivity index (χ4v) is 3.42. The van der Waals surface area contributed by atoms with E-state index in [-0.39, 0.29) is 5.54 Å². The number of nitrogens with two attached hydrogens (primary N) is 1. The summed E-state index contributed by atoms with van der Waals surface area (Å²) in [6.45, 7) is 15.6. The molecule has 2 atom stereocenters. The van der Waals surface area contributed by atoms with Gasteiger partial charge in [-0.15, -0.1) is 0 Å². The lowest BCUT2D eigenvalue weighted by molar-refractivity contribution is 0.0502. The van der Waals surface area contributed by atoms with Crippen LogP contribution in [-0.4, -0.2) is 67.2 Å². The van der Waals surface area contributed by atoms with E-state index in [1.165, 1.54) is 19.5 Å². The van der Waals surface area contributed by atoms with E-state index in [0.717, 1.165) is 44.7 Å². The normalized spacial score (nSPS) is 29.7. The molecule has 0 aromatic rings. The highest BCUT2D eigenvalue weighted by atomic mass is 16.5. The molecule has 0 aliphatic carbocycles. The maximum absolute atomic E-state index is 6.14. The van der Waals surface area contributed by atoms with Crippen LogP contribution in [0.5, 0.6) is 0 Å². The molecule has 0 aromatic heterocycles. The third kappa shape index (κ3) is 4.58. The second-order valence-electron chi connectivity index (χ2n) is 7.44. The van der Waals surface area contributed by atoms with Crippen molar-refractivity contribution in [3.05, 3.63) is 0 Å². The molecular formula is C16H32N4O. The van der Waals surface area contributed by atoms with Crippen molar-refractivity contribution in [3.8, 4) is 0 Å². The first-order valence-corrected chi connectivity index (χ1v) is 8.26. The van der Waals surface area contributed by atoms with Gasteiger partial charge in [0, 0.05) is 31.7 Å². The van der Waals surface area contributed by atoms with Crippen molar-refractivity contribution in [2.45, 2.75) is 39.7 Å². The Morgan fingerprint density at radius 2 is 1.76 bits per heavy atom. The van der Waals surface area contributed by atoms with Crippen LogP contribution in [-0.2, 0) is 4.74 Å². The van der Waals surface area contributed by atoms with Crippen LogP contribution in [0.2, 0.25) is 0 Å². The second-order valence-corrected chi connectivity index (χ2v) is 7.44. The highest BCUT2D eigenvalue weighted by Gasteiger charge is 2.32. The first kappa shape index (κ1) is 16.6. The van der Waals surface area contributed by atoms with E-state index < -0.39 is 0 Å². The largest absolute Gasteiger partial charge is 0.378 e. The standard InChI is InChI=1S/C16H32N4O/c1-13-9-14(2)11-20(10-13)16(3,4)12-18-15(17)19-5-7-21-8-6-19/h13-14H,5-12H2,1-4H3,(H2,17,18). The van der Waals surface area contributed by atoms with Gasteiger partial charge in [-0.3, -0.25) is 9.89 Å². The molecule has 2 aliphatic rings. The molecule has 21 heavy (non-hydrogen) atoms. The number of likely N-dealkylation sites (tertiary alicyclic amines) is 1. The van der Waals surface area contributed by atoms with Crippen LogP contribution in [0.1, 0.15) is 34.1 Å². The van der Waals surface area contributed by atoms with Crippen LogP contribution >= 0.6 is 0 Å². The van der Waals surface area contributed by atoms with E-state index in [2.05, 4.69) is 42.5 Å². The molecule has 2 N–H and O–H groups in total. The predicted octanol–water partition coefficient (Wildman–Crippen LogP) is 1.39. The van der Waals surface area contributed by atoms with Gasteiger partial charge in [-0.05, 0) is 32.1 Å². The van der Waals surface area contributed by atoms with Crippen LogP contribution in [0.4, 0.5) is 0 Å². The van der Waals surface area contributed by atoms with E-state index in [1.807, 2.05) is 0 Å². The van der Waals surface area contributed by atoms with E-state index in [1.54, 1.807) is 0 Å². The van der Waals surface area contributed by atoms with Crippen LogP contribution in [0.3, 0.4) is 0 Å². The molecule has 2 fully saturated rings. The molecule has 2 saturated heterocycles. The number of piperidine rings is 1. The first-order chi connectivity index (χ1) is 9.88. The number of morpholine rings is 1. The Morgan fingerprint density at radius 1 is 1.19 bits per heavy atom. The molecule has 0 saturated carbocycles. The molecule has 122 valence electrons. The maximum Gasteiger partial charge on any atom is 0.191 e. The van der Waals surface area contributed by atoms with Gasteiger partial charge in [0.05, 0.1) is 19.8 Å². The maximum atomic E-state index is 6.14. The molecular weight excluding hydrogens is 264 g/mol. The van der Waals surface area contributed by atoms with Gasteiger partial charge in [0.1, 0.15) is 0 Å². The molecule has 0 radical (unpaired) electrons. The minimum atomic E-state index is 0.0693. The summed E-state index contributed by atoms with van der Waals surface area (Å²) < 4.78 is 5.35. The summed E-state index contributed by atoms with van der Waals surface area (Å²) in [6.07, 6.45) is 1.34. The lowest BCUT2D eigenvalue weighted by Gasteiger charge is -2.44. The summed E-state index contributed by atoms with van der Waals surface area (Å²) >= 11 is 0. The topological polar surface area (TPSA) is 54.1 Å². The van der Waals surface area contributed by atoms with E-state index >= 15 is 0 Å². The Bertz CT molecular complexity index is 353. The summed E-state index contributed by atoms with van der Waals surface area (Å²) in [4.78, 5) is 9.38. The zero-order valence-corrected chi connectivity index (χ0v) is 14.1. The van der Waals surface area contributed by atoms with Crippen molar-refractivity contribution in [1.29, 1.82) is 0 Å². The molecule has 2 aliphatic heterocycles. The molecule has 0 aromatic carbocycles. The van der Waals surface area contributed by atoms with Gasteiger partial charge in [-0.25, -0.2) is 0 Å². The summed E-state index contributed by atoms with van der Waals surface area (Å²) in [5.41, 5.74) is 6.21. The minimum absolute atomic E-state index is 0.0693. The first-order valence-electron chi connectivity index (χ1n) is 8.26. The SMILES string of the molecule is CC1CC(C)CN(C(C)(C)CN=C(N)N2CCOCC2)C1. The molecule has 0 amide bonds. The van der Waals surface area contributed by atoms with Gasteiger partial charge >= 0.3 is 0 Å². The molecule has 0 spiro atoms. The summed E-state index contributed by atoms with van der Waals surface area (Å²) in [5.74, 6) is 2.21. The Morgan fingerprint density at radius 3 is 2.33 bits per heavy atom. The zero-order chi connectivity index (χ0) is 15.5. The number of aliphatic imine (C=N–C) groups is 1. The summed E-state index contributed by atoms with van der Waals surface area (Å²) in [5, 5.41) is 0. The van der Waals surface area contributed by atoms with E-state index in [4.69, 9.17) is 10.5 Å². The lowest BCUT2D eigenvalue weighted by atomic mass is 9.88. The van der Waals surface area contributed by atoms with Gasteiger partial charge in [-0.1, -0.05) is 13.8 Å². The van der Waals surface area contributed by atoms with Crippen LogP contribution in [0.25, 0.3) is 0 Å². The van der Waals surface area contributed by atoms with Gasteiger partial charge in [0.2, 0.25) is 0 Å². The molecule has 2 heterocycles. The van der Waals surface area contributed by atoms with Gasteiger partial charge in [0.15, 0.2) is 5.96 Å². The average molecular weight is 296 g/mol. The molecule has 2 unspecified atom stereocenters. The molecule has 5 heteroatoms. The minimum Gasteiger partial charge on any atom is -0.378 e. The monoisotopic (exact) mass is 296 g/mol. The third-order valence-corrected chi connectivity index (χ3v) is 4.69. The molecule has 0 bridgehead atoms. The van der Waals surface area contributed by atoms with E-state index in [0.29, 0.717) is 5.96 Å². The Labute approximate surface area is 129 Å². The van der Waals surface area contributed by atoms with Crippen molar-refractivity contribution in [2.75, 3.05) is 45.9 Å². The van der Waals surface area contributed by atoms with Crippen LogP contribution < -0.4 is 5.73 Å². The highest BCUT2D eigenvalue weighted by Crippen LogP contribution is 2.27. The Balaban J connectivity index is 1.93. The van der Waals surface area contributed by atoms with Crippen molar-refractivity contribution < 1.29 is 4.74 Å². The van der Waals surface area contributed by atoms with Crippen molar-refractivity contribution in [2.24, 2.45) is 22.6 Å². The third-order valence-electron chi connectivity index (χ3n) is 4.69. The average Bonchev–Trinajstić information content (AvgIpc) is 2.45. The van der Waals surface area contributed by atoms with Crippen molar-refractivity contribution in [3.63, 3.8) is 0 Å². The number of rotatable bonds is 3. The summed E-state index contributed by atoms with van der Waals surface area (Å²) in [7, 11) is 0. The van der Waals surface area contributed by atoms with E-state index in [9.17, 15) is 0 Å². The molecule has 5 nitrogen and oxygen atoms in total. The van der Waals surface area contributed by atoms with Crippen LogP contribution in [0.15, 0.2) is 4.99 Å². The zero-order valence-electron chi connectivity index (χ0n) is 14.1. The fraction of sp³-hybridized carbons (Fsp3) is 0.938.